The molecular weight excluding hydrogens is 182 g/mol. The van der Waals surface area contributed by atoms with E-state index in [9.17, 15) is 9.90 Å². The molecule has 0 aromatic heterocycles. The van der Waals surface area contributed by atoms with Crippen molar-refractivity contribution in [2.45, 2.75) is 6.42 Å². The second kappa shape index (κ2) is 4.87. The topological polar surface area (TPSA) is 73.1 Å². The molecule has 4 heteroatoms. The molecule has 1 aromatic rings. The number of carbonyl (C=O) groups excluding carboxylic acids is 1. The van der Waals surface area contributed by atoms with Gasteiger partial charge >= 0.3 is 0 Å². The number of hydrogen-bond acceptors (Lipinski definition) is 4. The van der Waals surface area contributed by atoms with Gasteiger partial charge in [0.2, 0.25) is 0 Å². The van der Waals surface area contributed by atoms with Crippen molar-refractivity contribution < 1.29 is 14.6 Å². The van der Waals surface area contributed by atoms with Crippen molar-refractivity contribution in [1.29, 1.82) is 5.26 Å². The van der Waals surface area contributed by atoms with Gasteiger partial charge < -0.3 is 14.6 Å². The molecule has 0 saturated heterocycles. The van der Waals surface area contributed by atoms with Gasteiger partial charge in [0.1, 0.15) is 5.75 Å². The lowest BCUT2D eigenvalue weighted by Gasteiger charge is -2.05. The van der Waals surface area contributed by atoms with E-state index in [4.69, 9.17) is 10.00 Å². The first-order valence-electron chi connectivity index (χ1n) is 4.05. The zero-order chi connectivity index (χ0) is 10.4. The van der Waals surface area contributed by atoms with E-state index in [0.717, 1.165) is 0 Å². The minimum atomic E-state index is -1.14. The van der Waals surface area contributed by atoms with E-state index in [2.05, 4.69) is 0 Å². The largest absolute Gasteiger partial charge is 0.550 e. The number of carboxylic acid groups (broad SMARTS) is 1. The smallest absolute Gasteiger partial charge is 0.119 e. The minimum absolute atomic E-state index is 0.0776. The highest BCUT2D eigenvalue weighted by Gasteiger charge is 1.94. The van der Waals surface area contributed by atoms with E-state index in [1.54, 1.807) is 24.3 Å². The predicted molar refractivity (Wildman–Crippen MR) is 46.3 cm³/mol. The van der Waals surface area contributed by atoms with Crippen molar-refractivity contribution in [1.82, 2.24) is 0 Å². The summed E-state index contributed by atoms with van der Waals surface area (Å²) in [6, 6.07) is 8.42. The Hall–Kier alpha value is -2.02. The molecule has 0 unspecified atom stereocenters. The van der Waals surface area contributed by atoms with Crippen LogP contribution in [0.2, 0.25) is 0 Å². The molecule has 0 saturated carbocycles. The van der Waals surface area contributed by atoms with Crippen molar-refractivity contribution in [2.75, 3.05) is 6.61 Å². The maximum atomic E-state index is 10.1. The Kier molecular flexibility index (Phi) is 3.50. The molecule has 0 atom stereocenters. The Morgan fingerprint density at radius 1 is 1.43 bits per heavy atom. The van der Waals surface area contributed by atoms with Crippen LogP contribution < -0.4 is 9.84 Å². The van der Waals surface area contributed by atoms with Crippen LogP contribution in [-0.2, 0) is 4.79 Å². The number of carbonyl (C=O) groups is 1. The minimum Gasteiger partial charge on any atom is -0.550 e. The van der Waals surface area contributed by atoms with Gasteiger partial charge in [-0.05, 0) is 24.3 Å². The molecule has 0 bridgehead atoms. The van der Waals surface area contributed by atoms with Crippen LogP contribution in [-0.4, -0.2) is 12.6 Å². The maximum Gasteiger partial charge on any atom is 0.119 e. The number of nitrogens with zero attached hydrogens (tertiary/aromatic N) is 1. The second-order valence-electron chi connectivity index (χ2n) is 2.61. The molecule has 0 N–H and O–H groups in total. The summed E-state index contributed by atoms with van der Waals surface area (Å²) in [5.41, 5.74) is 0.539. The summed E-state index contributed by atoms with van der Waals surface area (Å²) < 4.78 is 5.09. The fourth-order valence-corrected chi connectivity index (χ4v) is 0.878. The van der Waals surface area contributed by atoms with Gasteiger partial charge in [-0.25, -0.2) is 0 Å². The lowest BCUT2D eigenvalue weighted by Crippen LogP contribution is -2.24. The molecule has 1 aromatic carbocycles. The molecule has 14 heavy (non-hydrogen) atoms. The molecular formula is C10H8NO3-. The molecule has 0 fully saturated rings. The third kappa shape index (κ3) is 3.15. The maximum absolute atomic E-state index is 10.1. The highest BCUT2D eigenvalue weighted by molar-refractivity contribution is 5.64. The molecule has 0 heterocycles. The quantitative estimate of drug-likeness (QED) is 0.673. The normalized spacial score (nSPS) is 9.07. The highest BCUT2D eigenvalue weighted by Crippen LogP contribution is 2.11. The molecule has 1 rings (SSSR count). The zero-order valence-electron chi connectivity index (χ0n) is 7.40. The number of benzene rings is 1. The van der Waals surface area contributed by atoms with Crippen molar-refractivity contribution >= 4 is 5.97 Å². The second-order valence-corrected chi connectivity index (χ2v) is 2.61. The van der Waals surface area contributed by atoms with E-state index in [1.165, 1.54) is 0 Å². The van der Waals surface area contributed by atoms with E-state index < -0.39 is 5.97 Å². The monoisotopic (exact) mass is 190 g/mol. The van der Waals surface area contributed by atoms with Gasteiger partial charge in [-0.1, -0.05) is 0 Å². The average Bonchev–Trinajstić information content (AvgIpc) is 2.18. The third-order valence-electron chi connectivity index (χ3n) is 1.56. The van der Waals surface area contributed by atoms with Gasteiger partial charge in [-0.15, -0.1) is 0 Å². The Morgan fingerprint density at radius 3 is 2.57 bits per heavy atom. The molecule has 0 spiro atoms. The van der Waals surface area contributed by atoms with Crippen LogP contribution in [0.25, 0.3) is 0 Å². The van der Waals surface area contributed by atoms with Crippen LogP contribution in [0.4, 0.5) is 0 Å². The van der Waals surface area contributed by atoms with Crippen LogP contribution >= 0.6 is 0 Å². The molecule has 0 aliphatic carbocycles. The lowest BCUT2D eigenvalue weighted by atomic mass is 10.2. The number of ether oxygens (including phenoxy) is 1. The van der Waals surface area contributed by atoms with Gasteiger partial charge in [0, 0.05) is 12.4 Å². The summed E-state index contributed by atoms with van der Waals surface area (Å²) >= 11 is 0. The first-order chi connectivity index (χ1) is 6.72. The predicted octanol–water partition coefficient (Wildman–Crippen LogP) is 0.0771. The van der Waals surface area contributed by atoms with Crippen molar-refractivity contribution in [3.05, 3.63) is 29.8 Å². The molecule has 72 valence electrons. The molecule has 0 aliphatic heterocycles. The average molecular weight is 190 g/mol. The van der Waals surface area contributed by atoms with Crippen LogP contribution in [0.1, 0.15) is 12.0 Å². The number of rotatable bonds is 4. The molecule has 0 aliphatic rings. The van der Waals surface area contributed by atoms with Crippen molar-refractivity contribution in [3.8, 4) is 11.8 Å². The zero-order valence-corrected chi connectivity index (χ0v) is 7.40. The van der Waals surface area contributed by atoms with Gasteiger partial charge in [-0.2, -0.15) is 5.26 Å². The molecule has 4 nitrogen and oxygen atoms in total. The van der Waals surface area contributed by atoms with Crippen molar-refractivity contribution in [3.63, 3.8) is 0 Å². The fraction of sp³-hybridized carbons (Fsp3) is 0.200. The summed E-state index contributed by atoms with van der Waals surface area (Å²) in [7, 11) is 0. The molecule has 0 amide bonds. The van der Waals surface area contributed by atoms with Crippen LogP contribution in [0, 0.1) is 11.3 Å². The first-order valence-corrected chi connectivity index (χ1v) is 4.05. The summed E-state index contributed by atoms with van der Waals surface area (Å²) in [6.07, 6.45) is -0.139. The number of nitriles is 1. The van der Waals surface area contributed by atoms with Crippen molar-refractivity contribution in [2.24, 2.45) is 0 Å². The SMILES string of the molecule is N#Cc1ccc(OCCC(=O)[O-])cc1. The Morgan fingerprint density at radius 2 is 2.07 bits per heavy atom. The Balaban J connectivity index is 2.45. The molecule has 0 radical (unpaired) electrons. The van der Waals surface area contributed by atoms with Gasteiger partial charge in [0.15, 0.2) is 0 Å². The van der Waals surface area contributed by atoms with E-state index >= 15 is 0 Å². The number of aliphatic carboxylic acids is 1. The number of carboxylic acids is 1. The van der Waals surface area contributed by atoms with Gasteiger partial charge in [-0.3, -0.25) is 0 Å². The summed E-state index contributed by atoms with van der Waals surface area (Å²) in [5.74, 6) is -0.594. The summed E-state index contributed by atoms with van der Waals surface area (Å²) in [6.45, 7) is 0.0776. The van der Waals surface area contributed by atoms with Gasteiger partial charge in [0.05, 0.1) is 18.2 Å². The summed E-state index contributed by atoms with van der Waals surface area (Å²) in [4.78, 5) is 10.1. The lowest BCUT2D eigenvalue weighted by molar-refractivity contribution is -0.306. The fourth-order valence-electron chi connectivity index (χ4n) is 0.878. The van der Waals surface area contributed by atoms with E-state index in [0.29, 0.717) is 11.3 Å². The Labute approximate surface area is 81.4 Å². The standard InChI is InChI=1S/C10H9NO3/c11-7-8-1-3-9(4-2-8)14-6-5-10(12)13/h1-4H,5-6H2,(H,12,13)/p-1. The van der Waals surface area contributed by atoms with E-state index in [1.807, 2.05) is 6.07 Å². The highest BCUT2D eigenvalue weighted by atomic mass is 16.5. The summed E-state index contributed by atoms with van der Waals surface area (Å²) in [5, 5.41) is 18.6. The van der Waals surface area contributed by atoms with Crippen LogP contribution in [0.3, 0.4) is 0 Å². The van der Waals surface area contributed by atoms with Crippen LogP contribution in [0.15, 0.2) is 24.3 Å². The third-order valence-corrected chi connectivity index (χ3v) is 1.56. The van der Waals surface area contributed by atoms with Crippen LogP contribution in [0.5, 0.6) is 5.75 Å². The Bertz CT molecular complexity index is 351. The van der Waals surface area contributed by atoms with Gasteiger partial charge in [0.25, 0.3) is 0 Å². The first kappa shape index (κ1) is 10.1. The van der Waals surface area contributed by atoms with E-state index in [-0.39, 0.29) is 13.0 Å². The number of hydrogen-bond donors (Lipinski definition) is 0.